The van der Waals surface area contributed by atoms with Crippen LogP contribution >= 0.6 is 0 Å². The van der Waals surface area contributed by atoms with Crippen LogP contribution in [0.1, 0.15) is 34.6 Å². The normalized spacial score (nSPS) is 19.3. The Hall–Kier alpha value is -3.02. The van der Waals surface area contributed by atoms with E-state index >= 15 is 0 Å². The minimum absolute atomic E-state index is 0.0291. The molecule has 1 aliphatic rings. The van der Waals surface area contributed by atoms with E-state index in [-0.39, 0.29) is 23.9 Å². The highest BCUT2D eigenvalue weighted by atomic mass is 16.5. The number of hydrogen-bond donors (Lipinski definition) is 0. The first-order valence-electron chi connectivity index (χ1n) is 9.34. The van der Waals surface area contributed by atoms with Crippen molar-refractivity contribution in [3.8, 4) is 11.5 Å². The molecule has 148 valence electrons. The van der Waals surface area contributed by atoms with Gasteiger partial charge in [-0.25, -0.2) is 0 Å². The number of rotatable bonds is 4. The molecule has 28 heavy (non-hydrogen) atoms. The van der Waals surface area contributed by atoms with E-state index in [4.69, 9.17) is 9.47 Å². The Morgan fingerprint density at radius 1 is 0.714 bits per heavy atom. The van der Waals surface area contributed by atoms with Crippen LogP contribution in [0, 0.1) is 0 Å². The Morgan fingerprint density at radius 2 is 1.04 bits per heavy atom. The maximum absolute atomic E-state index is 12.9. The monoisotopic (exact) mass is 382 g/mol. The van der Waals surface area contributed by atoms with Gasteiger partial charge >= 0.3 is 0 Å². The minimum Gasteiger partial charge on any atom is -0.497 e. The molecule has 0 N–H and O–H groups in total. The molecule has 0 radical (unpaired) electrons. The lowest BCUT2D eigenvalue weighted by molar-refractivity contribution is 0.0270. The maximum atomic E-state index is 12.9. The maximum Gasteiger partial charge on any atom is 0.254 e. The van der Waals surface area contributed by atoms with Crippen molar-refractivity contribution in [2.75, 3.05) is 27.3 Å². The van der Waals surface area contributed by atoms with Crippen molar-refractivity contribution in [3.63, 3.8) is 0 Å². The first-order valence-corrected chi connectivity index (χ1v) is 9.34. The van der Waals surface area contributed by atoms with E-state index in [9.17, 15) is 9.59 Å². The van der Waals surface area contributed by atoms with E-state index in [1.165, 1.54) is 0 Å². The Balaban J connectivity index is 1.71. The molecule has 2 aromatic rings. The molecule has 2 amide bonds. The molecule has 6 heteroatoms. The van der Waals surface area contributed by atoms with Gasteiger partial charge in [-0.1, -0.05) is 0 Å². The van der Waals surface area contributed by atoms with E-state index in [1.807, 2.05) is 23.6 Å². The number of hydrogen-bond acceptors (Lipinski definition) is 4. The van der Waals surface area contributed by atoms with E-state index in [2.05, 4.69) is 0 Å². The summed E-state index contributed by atoms with van der Waals surface area (Å²) >= 11 is 0. The lowest BCUT2D eigenvalue weighted by atomic mass is 10.0. The minimum atomic E-state index is -0.0759. The zero-order chi connectivity index (χ0) is 20.3. The summed E-state index contributed by atoms with van der Waals surface area (Å²) in [5.41, 5.74) is 1.24. The molecular weight excluding hydrogens is 356 g/mol. The lowest BCUT2D eigenvalue weighted by Crippen LogP contribution is -2.59. The van der Waals surface area contributed by atoms with Crippen LogP contribution in [0.5, 0.6) is 11.5 Å². The first kappa shape index (κ1) is 19.7. The number of nitrogens with zero attached hydrogens (tertiary/aromatic N) is 2. The van der Waals surface area contributed by atoms with Crippen LogP contribution in [0.3, 0.4) is 0 Å². The fourth-order valence-corrected chi connectivity index (χ4v) is 3.49. The molecule has 1 fully saturated rings. The zero-order valence-corrected chi connectivity index (χ0v) is 16.7. The smallest absolute Gasteiger partial charge is 0.254 e. The molecule has 0 saturated carbocycles. The molecule has 2 aromatic carbocycles. The van der Waals surface area contributed by atoms with Gasteiger partial charge in [-0.2, -0.15) is 0 Å². The van der Waals surface area contributed by atoms with Gasteiger partial charge in [0.05, 0.1) is 14.2 Å². The van der Waals surface area contributed by atoms with Gasteiger partial charge in [0, 0.05) is 36.3 Å². The average molecular weight is 382 g/mol. The summed E-state index contributed by atoms with van der Waals surface area (Å²) in [5.74, 6) is 1.37. The van der Waals surface area contributed by atoms with Gasteiger partial charge in [0.25, 0.3) is 11.8 Å². The SMILES string of the molecule is COc1ccc(C(=O)N2C[C@H](C)N(C(=O)c3ccc(OC)cc3)C[C@@H]2C)cc1. The fourth-order valence-electron chi connectivity index (χ4n) is 3.49. The Kier molecular flexibility index (Phi) is 5.87. The van der Waals surface area contributed by atoms with Crippen LogP contribution in [-0.2, 0) is 0 Å². The van der Waals surface area contributed by atoms with Gasteiger partial charge in [-0.05, 0) is 62.4 Å². The molecule has 0 unspecified atom stereocenters. The van der Waals surface area contributed by atoms with Gasteiger partial charge in [0.1, 0.15) is 11.5 Å². The molecular formula is C22H26N2O4. The summed E-state index contributed by atoms with van der Waals surface area (Å²) in [7, 11) is 3.19. The number of methoxy groups -OCH3 is 2. The summed E-state index contributed by atoms with van der Waals surface area (Å²) in [6.07, 6.45) is 0. The second-order valence-electron chi connectivity index (χ2n) is 7.07. The topological polar surface area (TPSA) is 59.1 Å². The molecule has 1 heterocycles. The van der Waals surface area contributed by atoms with Crippen molar-refractivity contribution < 1.29 is 19.1 Å². The van der Waals surface area contributed by atoms with Crippen molar-refractivity contribution in [2.45, 2.75) is 25.9 Å². The van der Waals surface area contributed by atoms with E-state index in [0.717, 1.165) is 0 Å². The first-order chi connectivity index (χ1) is 13.4. The molecule has 0 spiro atoms. The predicted octanol–water partition coefficient (Wildman–Crippen LogP) is 3.08. The van der Waals surface area contributed by atoms with E-state index in [0.29, 0.717) is 35.7 Å². The van der Waals surface area contributed by atoms with Crippen molar-refractivity contribution in [2.24, 2.45) is 0 Å². The lowest BCUT2D eigenvalue weighted by Gasteiger charge is -2.44. The van der Waals surface area contributed by atoms with Gasteiger partial charge < -0.3 is 19.3 Å². The number of amides is 2. The summed E-state index contributed by atoms with van der Waals surface area (Å²) in [5, 5.41) is 0. The Labute approximate surface area is 165 Å². The number of carbonyl (C=O) groups excluding carboxylic acids is 2. The fraction of sp³-hybridized carbons (Fsp3) is 0.364. The number of ether oxygens (including phenoxy) is 2. The highest BCUT2D eigenvalue weighted by Crippen LogP contribution is 2.22. The predicted molar refractivity (Wildman–Crippen MR) is 107 cm³/mol. The average Bonchev–Trinajstić information content (AvgIpc) is 2.74. The van der Waals surface area contributed by atoms with E-state index < -0.39 is 0 Å². The second-order valence-corrected chi connectivity index (χ2v) is 7.07. The molecule has 3 rings (SSSR count). The third-order valence-corrected chi connectivity index (χ3v) is 5.18. The molecule has 1 aliphatic heterocycles. The van der Waals surface area contributed by atoms with Crippen molar-refractivity contribution in [1.82, 2.24) is 9.80 Å². The molecule has 2 atom stereocenters. The van der Waals surface area contributed by atoms with Crippen LogP contribution in [0.2, 0.25) is 0 Å². The van der Waals surface area contributed by atoms with Crippen LogP contribution in [-0.4, -0.2) is 61.0 Å². The quantitative estimate of drug-likeness (QED) is 0.815. The van der Waals surface area contributed by atoms with Crippen molar-refractivity contribution >= 4 is 11.8 Å². The number of benzene rings is 2. The molecule has 0 aromatic heterocycles. The standard InChI is InChI=1S/C22H26N2O4/c1-15-13-24(22(26)18-7-11-20(28-4)12-8-18)16(2)14-23(15)21(25)17-5-9-19(27-3)10-6-17/h5-12,15-16H,13-14H2,1-4H3/t15-,16-/m0/s1. The highest BCUT2D eigenvalue weighted by molar-refractivity contribution is 5.96. The van der Waals surface area contributed by atoms with Crippen LogP contribution in [0.15, 0.2) is 48.5 Å². The van der Waals surface area contributed by atoms with Crippen LogP contribution in [0.4, 0.5) is 0 Å². The van der Waals surface area contributed by atoms with E-state index in [1.54, 1.807) is 62.8 Å². The van der Waals surface area contributed by atoms with Gasteiger partial charge in [0.2, 0.25) is 0 Å². The molecule has 6 nitrogen and oxygen atoms in total. The molecule has 0 bridgehead atoms. The highest BCUT2D eigenvalue weighted by Gasteiger charge is 2.35. The van der Waals surface area contributed by atoms with Crippen molar-refractivity contribution in [1.29, 1.82) is 0 Å². The summed E-state index contributed by atoms with van der Waals surface area (Å²) in [4.78, 5) is 29.6. The zero-order valence-electron chi connectivity index (χ0n) is 16.7. The Bertz CT molecular complexity index is 761. The van der Waals surface area contributed by atoms with Crippen molar-refractivity contribution in [3.05, 3.63) is 59.7 Å². The largest absolute Gasteiger partial charge is 0.497 e. The van der Waals surface area contributed by atoms with Gasteiger partial charge in [-0.15, -0.1) is 0 Å². The summed E-state index contributed by atoms with van der Waals surface area (Å²) in [6.45, 7) is 4.94. The third kappa shape index (κ3) is 3.96. The van der Waals surface area contributed by atoms with Gasteiger partial charge in [-0.3, -0.25) is 9.59 Å². The summed E-state index contributed by atoms with van der Waals surface area (Å²) < 4.78 is 10.3. The van der Waals surface area contributed by atoms with Crippen LogP contribution < -0.4 is 9.47 Å². The molecule has 1 saturated heterocycles. The summed E-state index contributed by atoms with van der Waals surface area (Å²) in [6, 6.07) is 14.1. The Morgan fingerprint density at radius 3 is 1.32 bits per heavy atom. The van der Waals surface area contributed by atoms with Crippen LogP contribution in [0.25, 0.3) is 0 Å². The van der Waals surface area contributed by atoms with Gasteiger partial charge in [0.15, 0.2) is 0 Å². The molecule has 0 aliphatic carbocycles. The number of carbonyl (C=O) groups is 2. The third-order valence-electron chi connectivity index (χ3n) is 5.18. The number of piperazine rings is 1. The second kappa shape index (κ2) is 8.33.